The Kier molecular flexibility index (Phi) is 6.83. The highest BCUT2D eigenvalue weighted by Crippen LogP contribution is 2.44. The second-order valence-electron chi connectivity index (χ2n) is 8.25. The van der Waals surface area contributed by atoms with Gasteiger partial charge < -0.3 is 10.6 Å². The number of sulfonamides is 1. The van der Waals surface area contributed by atoms with Crippen LogP contribution < -0.4 is 10.6 Å². The Hall–Kier alpha value is -0.820. The third-order valence-corrected chi connectivity index (χ3v) is 8.37. The average molecular weight is 385 g/mol. The molecule has 2 atom stereocenters. The van der Waals surface area contributed by atoms with Crippen molar-refractivity contribution in [1.29, 1.82) is 0 Å². The van der Waals surface area contributed by atoms with E-state index < -0.39 is 10.0 Å². The Morgan fingerprint density at radius 1 is 1.08 bits per heavy atom. The molecule has 26 heavy (non-hydrogen) atoms. The van der Waals surface area contributed by atoms with Crippen molar-refractivity contribution < 1.29 is 8.42 Å². The first kappa shape index (κ1) is 19.9. The van der Waals surface area contributed by atoms with Crippen molar-refractivity contribution in [2.75, 3.05) is 25.9 Å². The molecule has 3 fully saturated rings. The Labute approximate surface area is 159 Å². The van der Waals surface area contributed by atoms with Gasteiger partial charge in [-0.15, -0.1) is 0 Å². The summed E-state index contributed by atoms with van der Waals surface area (Å²) in [5, 5.41) is 7.13. The molecule has 2 unspecified atom stereocenters. The van der Waals surface area contributed by atoms with Gasteiger partial charge in [-0.2, -0.15) is 0 Å². The van der Waals surface area contributed by atoms with Gasteiger partial charge in [0.2, 0.25) is 10.0 Å². The highest BCUT2D eigenvalue weighted by molar-refractivity contribution is 7.89. The Balaban J connectivity index is 1.41. The number of rotatable bonds is 6. The zero-order chi connectivity index (χ0) is 18.6. The van der Waals surface area contributed by atoms with E-state index in [-0.39, 0.29) is 5.75 Å². The summed E-state index contributed by atoms with van der Waals surface area (Å²) in [6, 6.07) is 0.885. The minimum absolute atomic E-state index is 0.262. The molecule has 0 aromatic carbocycles. The maximum atomic E-state index is 12.2. The molecule has 1 aliphatic heterocycles. The van der Waals surface area contributed by atoms with E-state index in [1.54, 1.807) is 4.31 Å². The Morgan fingerprint density at radius 3 is 2.38 bits per heavy atom. The molecule has 7 heteroatoms. The minimum atomic E-state index is -3.06. The second kappa shape index (κ2) is 8.91. The summed E-state index contributed by atoms with van der Waals surface area (Å²) in [6.45, 7) is 3.15. The van der Waals surface area contributed by atoms with Crippen LogP contribution in [0.5, 0.6) is 0 Å². The van der Waals surface area contributed by atoms with Crippen LogP contribution in [0.1, 0.15) is 64.7 Å². The quantitative estimate of drug-likeness (QED) is 0.544. The van der Waals surface area contributed by atoms with Gasteiger partial charge in [0.15, 0.2) is 5.96 Å². The standard InChI is InChI=1S/C19H36N4O2S/c1-3-13-26(24,25)23-11-9-16(10-12-23)21-19(20-2)22-18-14-17(18)15-7-5-4-6-8-15/h15-18H,3-14H2,1-2H3,(H2,20,21,22). The van der Waals surface area contributed by atoms with Crippen molar-refractivity contribution in [2.45, 2.75) is 76.8 Å². The van der Waals surface area contributed by atoms with Crippen molar-refractivity contribution in [3.05, 3.63) is 0 Å². The summed E-state index contributed by atoms with van der Waals surface area (Å²) in [4.78, 5) is 4.40. The molecule has 0 amide bonds. The van der Waals surface area contributed by atoms with Gasteiger partial charge in [0, 0.05) is 32.2 Å². The SMILES string of the molecule is CCCS(=O)(=O)N1CCC(NC(=NC)NC2CC2C2CCCCC2)CC1. The molecule has 0 aromatic rings. The Bertz CT molecular complexity index is 578. The molecule has 6 nitrogen and oxygen atoms in total. The topological polar surface area (TPSA) is 73.8 Å². The first-order valence-electron chi connectivity index (χ1n) is 10.5. The number of piperidine rings is 1. The molecule has 3 aliphatic rings. The fraction of sp³-hybridized carbons (Fsp3) is 0.947. The number of aliphatic imine (C=N–C) groups is 1. The molecule has 0 spiro atoms. The van der Waals surface area contributed by atoms with E-state index in [0.29, 0.717) is 31.6 Å². The van der Waals surface area contributed by atoms with Gasteiger partial charge >= 0.3 is 0 Å². The van der Waals surface area contributed by atoms with E-state index >= 15 is 0 Å². The predicted octanol–water partition coefficient (Wildman–Crippen LogP) is 2.32. The molecular formula is C19H36N4O2S. The monoisotopic (exact) mass is 384 g/mol. The van der Waals surface area contributed by atoms with E-state index in [2.05, 4.69) is 15.6 Å². The fourth-order valence-corrected chi connectivity index (χ4v) is 6.21. The van der Waals surface area contributed by atoms with E-state index in [1.807, 2.05) is 14.0 Å². The summed E-state index contributed by atoms with van der Waals surface area (Å²) < 4.78 is 26.0. The molecule has 0 bridgehead atoms. The molecule has 3 rings (SSSR count). The van der Waals surface area contributed by atoms with Crippen molar-refractivity contribution in [3.63, 3.8) is 0 Å². The molecule has 150 valence electrons. The van der Waals surface area contributed by atoms with Crippen LogP contribution in [-0.2, 0) is 10.0 Å². The first-order valence-corrected chi connectivity index (χ1v) is 12.1. The third kappa shape index (κ3) is 5.12. The van der Waals surface area contributed by atoms with Crippen LogP contribution in [0.15, 0.2) is 4.99 Å². The van der Waals surface area contributed by atoms with Crippen LogP contribution in [0.4, 0.5) is 0 Å². The highest BCUT2D eigenvalue weighted by atomic mass is 32.2. The van der Waals surface area contributed by atoms with Crippen molar-refractivity contribution >= 4 is 16.0 Å². The van der Waals surface area contributed by atoms with Crippen LogP contribution in [-0.4, -0.2) is 56.7 Å². The van der Waals surface area contributed by atoms with E-state index in [0.717, 1.165) is 30.6 Å². The van der Waals surface area contributed by atoms with Gasteiger partial charge in [-0.3, -0.25) is 4.99 Å². The molecular weight excluding hydrogens is 348 g/mol. The maximum Gasteiger partial charge on any atom is 0.214 e. The summed E-state index contributed by atoms with van der Waals surface area (Å²) in [5.74, 6) is 2.89. The molecule has 1 heterocycles. The molecule has 2 N–H and O–H groups in total. The molecule has 1 saturated heterocycles. The van der Waals surface area contributed by atoms with Crippen LogP contribution in [0.3, 0.4) is 0 Å². The number of nitrogens with zero attached hydrogens (tertiary/aromatic N) is 2. The van der Waals surface area contributed by atoms with E-state index in [4.69, 9.17) is 0 Å². The van der Waals surface area contributed by atoms with Crippen molar-refractivity contribution in [1.82, 2.24) is 14.9 Å². The smallest absolute Gasteiger partial charge is 0.214 e. The lowest BCUT2D eigenvalue weighted by Crippen LogP contribution is -2.50. The number of nitrogens with one attached hydrogen (secondary N) is 2. The van der Waals surface area contributed by atoms with Crippen molar-refractivity contribution in [3.8, 4) is 0 Å². The lowest BCUT2D eigenvalue weighted by atomic mass is 9.85. The average Bonchev–Trinajstić information content (AvgIpc) is 3.41. The summed E-state index contributed by atoms with van der Waals surface area (Å²) in [7, 11) is -1.23. The summed E-state index contributed by atoms with van der Waals surface area (Å²) >= 11 is 0. The van der Waals surface area contributed by atoms with Crippen molar-refractivity contribution in [2.24, 2.45) is 16.8 Å². The first-order chi connectivity index (χ1) is 12.5. The summed E-state index contributed by atoms with van der Waals surface area (Å²) in [6.07, 6.45) is 10.7. The van der Waals surface area contributed by atoms with E-state index in [9.17, 15) is 8.42 Å². The van der Waals surface area contributed by atoms with Gasteiger partial charge in [0.25, 0.3) is 0 Å². The number of hydrogen-bond acceptors (Lipinski definition) is 3. The summed E-state index contributed by atoms with van der Waals surface area (Å²) in [5.41, 5.74) is 0. The normalized spacial score (nSPS) is 29.5. The van der Waals surface area contributed by atoms with E-state index in [1.165, 1.54) is 38.5 Å². The van der Waals surface area contributed by atoms with Crippen LogP contribution >= 0.6 is 0 Å². The lowest BCUT2D eigenvalue weighted by molar-refractivity contribution is 0.304. The predicted molar refractivity (Wildman–Crippen MR) is 107 cm³/mol. The van der Waals surface area contributed by atoms with Crippen LogP contribution in [0.2, 0.25) is 0 Å². The lowest BCUT2D eigenvalue weighted by Gasteiger charge is -2.32. The zero-order valence-corrected chi connectivity index (χ0v) is 17.2. The van der Waals surface area contributed by atoms with Gasteiger partial charge in [-0.05, 0) is 37.5 Å². The van der Waals surface area contributed by atoms with Gasteiger partial charge in [0.1, 0.15) is 0 Å². The van der Waals surface area contributed by atoms with Crippen LogP contribution in [0, 0.1) is 11.8 Å². The zero-order valence-electron chi connectivity index (χ0n) is 16.4. The number of guanidine groups is 1. The highest BCUT2D eigenvalue weighted by Gasteiger charge is 2.43. The van der Waals surface area contributed by atoms with Gasteiger partial charge in [-0.25, -0.2) is 12.7 Å². The molecule has 0 aromatic heterocycles. The van der Waals surface area contributed by atoms with Gasteiger partial charge in [-0.1, -0.05) is 39.0 Å². The fourth-order valence-electron chi connectivity index (χ4n) is 4.67. The molecule has 0 radical (unpaired) electrons. The minimum Gasteiger partial charge on any atom is -0.354 e. The third-order valence-electron chi connectivity index (χ3n) is 6.29. The van der Waals surface area contributed by atoms with Gasteiger partial charge in [0.05, 0.1) is 5.75 Å². The largest absolute Gasteiger partial charge is 0.354 e. The second-order valence-corrected chi connectivity index (χ2v) is 10.3. The molecule has 2 aliphatic carbocycles. The Morgan fingerprint density at radius 2 is 1.77 bits per heavy atom. The maximum absolute atomic E-state index is 12.2. The molecule has 2 saturated carbocycles. The van der Waals surface area contributed by atoms with Crippen LogP contribution in [0.25, 0.3) is 0 Å². The number of hydrogen-bond donors (Lipinski definition) is 2.